The summed E-state index contributed by atoms with van der Waals surface area (Å²) in [6.45, 7) is 0. The van der Waals surface area contributed by atoms with Crippen LogP contribution in [0.3, 0.4) is 0 Å². The molecule has 0 aliphatic carbocycles. The van der Waals surface area contributed by atoms with E-state index in [0.717, 1.165) is 11.5 Å². The van der Waals surface area contributed by atoms with Crippen LogP contribution in [0.4, 0.5) is 105 Å². The number of benzene rings is 7. The molecule has 428 valence electrons. The molecule has 0 N–H and O–H groups in total. The normalized spacial score (nSPS) is 13.2. The first-order chi connectivity index (χ1) is 36.6. The largest absolute Gasteiger partial charge is 0.497 e. The van der Waals surface area contributed by atoms with Gasteiger partial charge in [0.2, 0.25) is 0 Å². The molecule has 28 heteroatoms. The average molecular weight is 1190 g/mol. The molecule has 7 rings (SSSR count). The van der Waals surface area contributed by atoms with Crippen molar-refractivity contribution in [3.8, 4) is 11.5 Å². The number of halogens is 24. The maximum absolute atomic E-state index is 14.2. The lowest BCUT2D eigenvalue weighted by Crippen LogP contribution is -2.75. The van der Waals surface area contributed by atoms with Gasteiger partial charge < -0.3 is 9.47 Å². The number of hydrogen-bond donors (Lipinski definition) is 0. The molecule has 0 aromatic heterocycles. The highest BCUT2D eigenvalue weighted by Crippen LogP contribution is 2.42. The van der Waals surface area contributed by atoms with E-state index in [2.05, 4.69) is 48.5 Å². The van der Waals surface area contributed by atoms with Crippen LogP contribution in [0.2, 0.25) is 0 Å². The Morgan fingerprint density at radius 3 is 0.625 bits per heavy atom. The fraction of sp³-hybridized carbons (Fsp3) is 0.192. The Balaban J connectivity index is 0.000000370. The second-order valence-corrected chi connectivity index (χ2v) is 19.2. The fourth-order valence-electron chi connectivity index (χ4n) is 8.46. The van der Waals surface area contributed by atoms with Crippen LogP contribution in [0.25, 0.3) is 0 Å². The van der Waals surface area contributed by atoms with Crippen molar-refractivity contribution in [1.29, 1.82) is 0 Å². The second-order valence-electron chi connectivity index (χ2n) is 17.2. The molecule has 0 radical (unpaired) electrons. The maximum atomic E-state index is 14.2. The van der Waals surface area contributed by atoms with E-state index in [0.29, 0.717) is 0 Å². The number of hydrogen-bond acceptors (Lipinski definition) is 2. The van der Waals surface area contributed by atoms with Crippen LogP contribution in [0.15, 0.2) is 166 Å². The van der Waals surface area contributed by atoms with Crippen molar-refractivity contribution >= 4 is 38.9 Å². The Hall–Kier alpha value is -7.13. The van der Waals surface area contributed by atoms with Crippen molar-refractivity contribution in [1.82, 2.24) is 0 Å². The molecule has 0 fully saturated rings. The molecule has 0 amide bonds. The highest BCUT2D eigenvalue weighted by Gasteiger charge is 2.47. The van der Waals surface area contributed by atoms with Crippen molar-refractivity contribution in [3.05, 3.63) is 196 Å². The van der Waals surface area contributed by atoms with E-state index in [1.165, 1.54) is 14.7 Å². The zero-order valence-electron chi connectivity index (χ0n) is 39.8. The molecule has 0 spiro atoms. The molecule has 0 saturated carbocycles. The van der Waals surface area contributed by atoms with Gasteiger partial charge in [0.15, 0.2) is 14.7 Å². The van der Waals surface area contributed by atoms with Gasteiger partial charge in [0.05, 0.1) is 69.6 Å². The van der Waals surface area contributed by atoms with Crippen molar-refractivity contribution in [2.45, 2.75) is 64.1 Å². The van der Waals surface area contributed by atoms with E-state index < -0.39 is 195 Å². The Labute approximate surface area is 438 Å². The quantitative estimate of drug-likeness (QED) is 0.0815. The molecule has 7 aromatic rings. The van der Waals surface area contributed by atoms with Crippen molar-refractivity contribution in [3.63, 3.8) is 0 Å². The summed E-state index contributed by atoms with van der Waals surface area (Å²) in [7, 11) is 3.23. The van der Waals surface area contributed by atoms with Crippen LogP contribution in [0.5, 0.6) is 11.5 Å². The highest BCUT2D eigenvalue weighted by molar-refractivity contribution is 7.97. The van der Waals surface area contributed by atoms with Crippen LogP contribution in [0.1, 0.15) is 44.5 Å². The summed E-state index contributed by atoms with van der Waals surface area (Å²) in [6.07, 6.45) is -54.8. The zero-order chi connectivity index (χ0) is 60.0. The molecule has 0 heterocycles. The summed E-state index contributed by atoms with van der Waals surface area (Å²) in [6, 6.07) is 18.4. The highest BCUT2D eigenvalue weighted by atomic mass is 32.2. The third-order valence-corrected chi connectivity index (χ3v) is 14.2. The van der Waals surface area contributed by atoms with Crippen LogP contribution >= 0.6 is 0 Å². The minimum absolute atomic E-state index is 0.146. The molecule has 0 aliphatic heterocycles. The monoisotopic (exact) mass is 1190 g/mol. The lowest BCUT2D eigenvalue weighted by atomic mass is 9.12. The lowest BCUT2D eigenvalue weighted by molar-refractivity contribution is -0.144. The molecule has 0 atom stereocenters. The van der Waals surface area contributed by atoms with E-state index in [1.54, 1.807) is 14.2 Å². The molecular formula is C52H31BF24O2S. The first-order valence-electron chi connectivity index (χ1n) is 22.0. The lowest BCUT2D eigenvalue weighted by Gasteiger charge is -2.46. The minimum atomic E-state index is -6.13. The van der Waals surface area contributed by atoms with Gasteiger partial charge in [-0.2, -0.15) is 127 Å². The SMILES string of the molecule is COc1ccc([S+](c2ccccc2)c2ccc(OC)cc2)cc1.FC(F)(F)c1cc([B-](c2cc(C(F)(F)F)cc(C(F)(F)F)c2)(c2cc(C(F)(F)F)cc(C(F)(F)F)c2)c2cc(C(F)(F)F)cc(C(F)(F)F)c2)cc(C(F)(F)F)c1. The van der Waals surface area contributed by atoms with Crippen LogP contribution in [-0.2, 0) is 60.3 Å². The first-order valence-corrected chi connectivity index (χ1v) is 23.2. The Bertz CT molecular complexity index is 2800. The van der Waals surface area contributed by atoms with Gasteiger partial charge in [-0.1, -0.05) is 66.7 Å². The Morgan fingerprint density at radius 1 is 0.263 bits per heavy atom. The van der Waals surface area contributed by atoms with Crippen LogP contribution < -0.4 is 31.3 Å². The molecule has 0 saturated heterocycles. The van der Waals surface area contributed by atoms with Gasteiger partial charge in [0.1, 0.15) is 17.6 Å². The number of rotatable bonds is 9. The van der Waals surface area contributed by atoms with Gasteiger partial charge in [0.25, 0.3) is 0 Å². The zero-order valence-corrected chi connectivity index (χ0v) is 40.6. The van der Waals surface area contributed by atoms with Crippen molar-refractivity contribution in [2.24, 2.45) is 0 Å². The fourth-order valence-corrected chi connectivity index (χ4v) is 10.5. The number of ether oxygens (including phenoxy) is 2. The molecule has 0 bridgehead atoms. The van der Waals surface area contributed by atoms with Gasteiger partial charge in [-0.3, -0.25) is 0 Å². The van der Waals surface area contributed by atoms with E-state index >= 15 is 0 Å². The van der Waals surface area contributed by atoms with Crippen LogP contribution in [-0.4, -0.2) is 20.4 Å². The van der Waals surface area contributed by atoms with Gasteiger partial charge >= 0.3 is 49.4 Å². The molecule has 2 nitrogen and oxygen atoms in total. The third-order valence-electron chi connectivity index (χ3n) is 12.0. The summed E-state index contributed by atoms with van der Waals surface area (Å²) < 4.78 is 351. The van der Waals surface area contributed by atoms with Gasteiger partial charge in [-0.25, -0.2) is 0 Å². The smallest absolute Gasteiger partial charge is 0.416 e. The third kappa shape index (κ3) is 14.1. The second kappa shape index (κ2) is 22.1. The molecule has 80 heavy (non-hydrogen) atoms. The Kier molecular flexibility index (Phi) is 17.1. The summed E-state index contributed by atoms with van der Waals surface area (Å²) >= 11 is 0. The van der Waals surface area contributed by atoms with Gasteiger partial charge in [0, 0.05) is 0 Å². The first kappa shape index (κ1) is 62.1. The molecule has 7 aromatic carbocycles. The van der Waals surface area contributed by atoms with E-state index in [9.17, 15) is 105 Å². The standard InChI is InChI=1S/C32H12BF24.C20H19O2S/c34-25(35,36)13-1-14(26(37,38)39)6-21(5-13)33(22-7-15(27(40,41)42)2-16(8-22)28(43,44)45,23-9-17(29(46,47)48)3-18(10-23)30(49,50)51)24-11-19(31(52,53)54)4-20(12-24)32(55,56)57;1-21-16-8-12-19(13-9-16)23(18-6-4-3-5-7-18)20-14-10-17(22-2)11-15-20/h1-12H;3-15H,1-2H3/q-1;+1. The molecular weight excluding hydrogens is 1160 g/mol. The van der Waals surface area contributed by atoms with E-state index in [-0.39, 0.29) is 10.9 Å². The molecule has 0 unspecified atom stereocenters. The predicted molar refractivity (Wildman–Crippen MR) is 245 cm³/mol. The topological polar surface area (TPSA) is 18.5 Å². The van der Waals surface area contributed by atoms with Crippen molar-refractivity contribution < 1.29 is 115 Å². The summed E-state index contributed by atoms with van der Waals surface area (Å²) in [5, 5.41) is 0. The maximum Gasteiger partial charge on any atom is 0.416 e. The number of alkyl halides is 24. The van der Waals surface area contributed by atoms with Crippen LogP contribution in [0, 0.1) is 0 Å². The summed E-state index contributed by atoms with van der Waals surface area (Å²) in [5.41, 5.74) is -30.2. The van der Waals surface area contributed by atoms with Crippen molar-refractivity contribution in [2.75, 3.05) is 14.2 Å². The van der Waals surface area contributed by atoms with E-state index in [4.69, 9.17) is 9.47 Å². The minimum Gasteiger partial charge on any atom is -0.497 e. The van der Waals surface area contributed by atoms with E-state index in [1.807, 2.05) is 30.3 Å². The van der Waals surface area contributed by atoms with Gasteiger partial charge in [-0.15, -0.1) is 0 Å². The Morgan fingerprint density at radius 2 is 0.450 bits per heavy atom. The summed E-state index contributed by atoms with van der Waals surface area (Å²) in [4.78, 5) is 3.83. The number of methoxy groups -OCH3 is 2. The van der Waals surface area contributed by atoms with Gasteiger partial charge in [-0.05, 0) is 84.9 Å². The molecule has 0 aliphatic rings. The average Bonchev–Trinajstić information content (AvgIpc) is 3.36. The summed E-state index contributed by atoms with van der Waals surface area (Å²) in [5.74, 6) is 1.75. The predicted octanol–water partition coefficient (Wildman–Crippen LogP) is 16.0.